The molecule has 0 saturated heterocycles. The molecule has 0 aliphatic carbocycles. The highest BCUT2D eigenvalue weighted by molar-refractivity contribution is 5.76. The molecule has 31 heavy (non-hydrogen) atoms. The van der Waals surface area contributed by atoms with Gasteiger partial charge in [-0.1, -0.05) is 67.1 Å². The number of benzene rings is 2. The molecule has 0 saturated carbocycles. The minimum atomic E-state index is 0.233. The number of carbonyl (C=O) groups is 1. The summed E-state index contributed by atoms with van der Waals surface area (Å²) in [7, 11) is 0. The monoisotopic (exact) mass is 418 g/mol. The molecule has 0 fully saturated rings. The molecule has 0 aliphatic rings. The SMILES string of the molecule is NCCCCCC(=O)N(CCc1cnc[nH]1)CCC(c1ccccc1)c1ccccc1. The van der Waals surface area contributed by atoms with Crippen LogP contribution in [-0.2, 0) is 11.2 Å². The molecule has 1 amide bonds. The lowest BCUT2D eigenvalue weighted by molar-refractivity contribution is -0.131. The van der Waals surface area contributed by atoms with Gasteiger partial charge in [-0.2, -0.15) is 0 Å². The third kappa shape index (κ3) is 7.37. The molecule has 5 heteroatoms. The predicted molar refractivity (Wildman–Crippen MR) is 126 cm³/mol. The molecule has 0 spiro atoms. The fourth-order valence-electron chi connectivity index (χ4n) is 3.97. The Morgan fingerprint density at radius 1 is 0.935 bits per heavy atom. The Morgan fingerprint density at radius 3 is 2.19 bits per heavy atom. The van der Waals surface area contributed by atoms with Gasteiger partial charge in [-0.05, 0) is 36.9 Å². The lowest BCUT2D eigenvalue weighted by Gasteiger charge is -2.26. The molecule has 0 atom stereocenters. The summed E-state index contributed by atoms with van der Waals surface area (Å²) in [4.78, 5) is 22.3. The molecule has 3 N–H and O–H groups in total. The van der Waals surface area contributed by atoms with E-state index in [1.807, 2.05) is 23.2 Å². The van der Waals surface area contributed by atoms with Crippen molar-refractivity contribution in [1.29, 1.82) is 0 Å². The van der Waals surface area contributed by atoms with E-state index in [1.54, 1.807) is 6.33 Å². The van der Waals surface area contributed by atoms with E-state index < -0.39 is 0 Å². The van der Waals surface area contributed by atoms with Crippen LogP contribution in [0, 0.1) is 0 Å². The van der Waals surface area contributed by atoms with Crippen molar-refractivity contribution < 1.29 is 4.79 Å². The van der Waals surface area contributed by atoms with Crippen molar-refractivity contribution in [2.75, 3.05) is 19.6 Å². The number of unbranched alkanes of at least 4 members (excludes halogenated alkanes) is 2. The number of nitrogens with zero attached hydrogens (tertiary/aromatic N) is 2. The second kappa shape index (κ2) is 12.7. The average molecular weight is 419 g/mol. The lowest BCUT2D eigenvalue weighted by atomic mass is 9.88. The van der Waals surface area contributed by atoms with Gasteiger partial charge in [-0.3, -0.25) is 4.79 Å². The summed E-state index contributed by atoms with van der Waals surface area (Å²) in [6.07, 6.45) is 8.68. The van der Waals surface area contributed by atoms with Crippen molar-refractivity contribution in [3.05, 3.63) is 90.0 Å². The standard InChI is InChI=1S/C26H34N4O/c27-17-9-3-8-14-26(31)30(18-15-24-20-28-21-29-24)19-16-25(22-10-4-1-5-11-22)23-12-6-2-7-13-23/h1-2,4-7,10-13,20-21,25H,3,8-9,14-19,27H2,(H,28,29). The van der Waals surface area contributed by atoms with E-state index in [4.69, 9.17) is 5.73 Å². The van der Waals surface area contributed by atoms with Crippen molar-refractivity contribution >= 4 is 5.91 Å². The molecular formula is C26H34N4O. The van der Waals surface area contributed by atoms with E-state index in [0.29, 0.717) is 19.5 Å². The van der Waals surface area contributed by atoms with Crippen LogP contribution in [0.4, 0.5) is 0 Å². The summed E-state index contributed by atoms with van der Waals surface area (Å²) in [6.45, 7) is 2.13. The van der Waals surface area contributed by atoms with E-state index in [2.05, 4.69) is 58.5 Å². The van der Waals surface area contributed by atoms with Crippen molar-refractivity contribution in [3.63, 3.8) is 0 Å². The zero-order chi connectivity index (χ0) is 21.7. The minimum Gasteiger partial charge on any atom is -0.348 e. The van der Waals surface area contributed by atoms with Gasteiger partial charge in [0.2, 0.25) is 5.91 Å². The first-order chi connectivity index (χ1) is 15.3. The highest BCUT2D eigenvalue weighted by atomic mass is 16.2. The van der Waals surface area contributed by atoms with Gasteiger partial charge < -0.3 is 15.6 Å². The van der Waals surface area contributed by atoms with Gasteiger partial charge in [-0.25, -0.2) is 4.98 Å². The van der Waals surface area contributed by atoms with Gasteiger partial charge in [0.15, 0.2) is 0 Å². The normalized spacial score (nSPS) is 11.0. The third-order valence-electron chi connectivity index (χ3n) is 5.74. The van der Waals surface area contributed by atoms with Crippen LogP contribution in [0.25, 0.3) is 0 Å². The number of H-pyrrole nitrogens is 1. The summed E-state index contributed by atoms with van der Waals surface area (Å²) in [6, 6.07) is 21.2. The summed E-state index contributed by atoms with van der Waals surface area (Å²) < 4.78 is 0. The van der Waals surface area contributed by atoms with Gasteiger partial charge in [0.05, 0.1) is 6.33 Å². The number of imidazole rings is 1. The fraction of sp³-hybridized carbons (Fsp3) is 0.385. The van der Waals surface area contributed by atoms with Crippen LogP contribution in [0.3, 0.4) is 0 Å². The van der Waals surface area contributed by atoms with E-state index in [-0.39, 0.29) is 11.8 Å². The van der Waals surface area contributed by atoms with E-state index in [9.17, 15) is 4.79 Å². The van der Waals surface area contributed by atoms with Crippen LogP contribution >= 0.6 is 0 Å². The van der Waals surface area contributed by atoms with Crippen LogP contribution < -0.4 is 5.73 Å². The summed E-state index contributed by atoms with van der Waals surface area (Å²) in [5, 5.41) is 0. The van der Waals surface area contributed by atoms with Crippen LogP contribution in [0.15, 0.2) is 73.2 Å². The number of aromatic amines is 1. The highest BCUT2D eigenvalue weighted by Crippen LogP contribution is 2.28. The Kier molecular flexibility index (Phi) is 9.32. The Bertz CT molecular complexity index is 825. The topological polar surface area (TPSA) is 75.0 Å². The van der Waals surface area contributed by atoms with Gasteiger partial charge in [0, 0.05) is 43.7 Å². The molecule has 3 aromatic rings. The van der Waals surface area contributed by atoms with Crippen LogP contribution in [-0.4, -0.2) is 40.4 Å². The lowest BCUT2D eigenvalue weighted by Crippen LogP contribution is -2.34. The Hall–Kier alpha value is -2.92. The Morgan fingerprint density at radius 2 is 1.61 bits per heavy atom. The first-order valence-corrected chi connectivity index (χ1v) is 11.3. The van der Waals surface area contributed by atoms with Crippen molar-refractivity contribution in [2.24, 2.45) is 5.73 Å². The molecule has 164 valence electrons. The molecule has 0 bridgehead atoms. The van der Waals surface area contributed by atoms with Gasteiger partial charge in [-0.15, -0.1) is 0 Å². The first-order valence-electron chi connectivity index (χ1n) is 11.3. The number of carbonyl (C=O) groups excluding carboxylic acids is 1. The molecule has 5 nitrogen and oxygen atoms in total. The number of hydrogen-bond donors (Lipinski definition) is 2. The Balaban J connectivity index is 1.68. The average Bonchev–Trinajstić information content (AvgIpc) is 3.34. The molecule has 1 heterocycles. The summed E-state index contributed by atoms with van der Waals surface area (Å²) >= 11 is 0. The number of aromatic nitrogens is 2. The zero-order valence-corrected chi connectivity index (χ0v) is 18.2. The maximum atomic E-state index is 13.0. The van der Waals surface area contributed by atoms with Gasteiger partial charge >= 0.3 is 0 Å². The zero-order valence-electron chi connectivity index (χ0n) is 18.2. The summed E-state index contributed by atoms with van der Waals surface area (Å²) in [5.74, 6) is 0.499. The maximum absolute atomic E-state index is 13.0. The van der Waals surface area contributed by atoms with E-state index in [1.165, 1.54) is 11.1 Å². The van der Waals surface area contributed by atoms with Gasteiger partial charge in [0.1, 0.15) is 0 Å². The minimum absolute atomic E-state index is 0.233. The molecule has 1 aromatic heterocycles. The fourth-order valence-corrected chi connectivity index (χ4v) is 3.97. The predicted octanol–water partition coefficient (Wildman–Crippen LogP) is 4.52. The highest BCUT2D eigenvalue weighted by Gasteiger charge is 2.19. The smallest absolute Gasteiger partial charge is 0.222 e. The number of amides is 1. The molecule has 2 aromatic carbocycles. The van der Waals surface area contributed by atoms with Crippen molar-refractivity contribution in [1.82, 2.24) is 14.9 Å². The van der Waals surface area contributed by atoms with Crippen LogP contribution in [0.2, 0.25) is 0 Å². The largest absolute Gasteiger partial charge is 0.348 e. The van der Waals surface area contributed by atoms with Gasteiger partial charge in [0.25, 0.3) is 0 Å². The molecular weight excluding hydrogens is 384 g/mol. The second-order valence-electron chi connectivity index (χ2n) is 7.97. The number of nitrogens with one attached hydrogen (secondary N) is 1. The van der Waals surface area contributed by atoms with E-state index in [0.717, 1.165) is 44.3 Å². The second-order valence-corrected chi connectivity index (χ2v) is 7.97. The first kappa shape index (κ1) is 22.8. The number of nitrogens with two attached hydrogens (primary N) is 1. The van der Waals surface area contributed by atoms with Crippen LogP contribution in [0.5, 0.6) is 0 Å². The number of rotatable bonds is 13. The van der Waals surface area contributed by atoms with Crippen LogP contribution in [0.1, 0.15) is 54.8 Å². The quantitative estimate of drug-likeness (QED) is 0.401. The molecule has 0 aliphatic heterocycles. The summed E-state index contributed by atoms with van der Waals surface area (Å²) in [5.41, 5.74) is 9.23. The Labute approximate surface area is 185 Å². The van der Waals surface area contributed by atoms with Crippen molar-refractivity contribution in [2.45, 2.75) is 44.4 Å². The molecule has 0 radical (unpaired) electrons. The van der Waals surface area contributed by atoms with Crippen molar-refractivity contribution in [3.8, 4) is 0 Å². The third-order valence-corrected chi connectivity index (χ3v) is 5.74. The van der Waals surface area contributed by atoms with E-state index >= 15 is 0 Å². The maximum Gasteiger partial charge on any atom is 0.222 e. The number of hydrogen-bond acceptors (Lipinski definition) is 3. The molecule has 3 rings (SSSR count). The molecule has 0 unspecified atom stereocenters.